The number of methoxy groups -OCH3 is 3. The molecule has 0 spiro atoms. The molecule has 346 valence electrons. The molecule has 18 atom stereocenters. The van der Waals surface area contributed by atoms with E-state index in [0.29, 0.717) is 6.42 Å². The first-order valence-electron chi connectivity index (χ1n) is 21.5. The van der Waals surface area contributed by atoms with Gasteiger partial charge in [-0.2, -0.15) is 0 Å². The number of esters is 2. The number of fused-ring (bicyclic) bond motifs is 1. The molecule has 0 aromatic rings. The molecule has 0 aromatic heterocycles. The van der Waals surface area contributed by atoms with E-state index in [-0.39, 0.29) is 50.2 Å². The molecular formula is C43H74N2O15. The van der Waals surface area contributed by atoms with Crippen molar-refractivity contribution in [2.24, 2.45) is 23.7 Å². The Morgan fingerprint density at radius 2 is 1.55 bits per heavy atom. The second-order valence-electron chi connectivity index (χ2n) is 18.3. The summed E-state index contributed by atoms with van der Waals surface area (Å²) in [6, 6.07) is -1.01. The van der Waals surface area contributed by atoms with Crippen molar-refractivity contribution in [3.8, 4) is 0 Å². The molecule has 0 bridgehead atoms. The van der Waals surface area contributed by atoms with Crippen molar-refractivity contribution in [1.82, 2.24) is 10.2 Å². The number of Topliss-reactive ketones (excluding diaryl/α,β-unsaturated/α-hetero) is 1. The zero-order valence-electron chi connectivity index (χ0n) is 38.5. The molecule has 2 N–H and O–H groups in total. The van der Waals surface area contributed by atoms with Gasteiger partial charge in [-0.3, -0.25) is 14.4 Å². The minimum atomic E-state index is -1.38. The zero-order chi connectivity index (χ0) is 45.1. The van der Waals surface area contributed by atoms with Crippen LogP contribution in [0.4, 0.5) is 4.79 Å². The van der Waals surface area contributed by atoms with Gasteiger partial charge in [0.15, 0.2) is 18.2 Å². The van der Waals surface area contributed by atoms with Crippen LogP contribution in [0, 0.1) is 23.7 Å². The van der Waals surface area contributed by atoms with Crippen LogP contribution < -0.4 is 5.32 Å². The number of cyclic esters (lactones) is 1. The van der Waals surface area contributed by atoms with Crippen molar-refractivity contribution < 1.29 is 71.7 Å². The third-order valence-corrected chi connectivity index (χ3v) is 13.7. The van der Waals surface area contributed by atoms with Gasteiger partial charge in [-0.05, 0) is 74.9 Å². The Kier molecular flexibility index (Phi) is 17.0. The Bertz CT molecular complexity index is 1490. The summed E-state index contributed by atoms with van der Waals surface area (Å²) in [5.74, 6) is -4.31. The summed E-state index contributed by atoms with van der Waals surface area (Å²) in [4.78, 5) is 56.2. The van der Waals surface area contributed by atoms with Gasteiger partial charge in [0.2, 0.25) is 0 Å². The summed E-state index contributed by atoms with van der Waals surface area (Å²) in [7, 11) is 8.25. The molecule has 4 rings (SSSR count). The molecule has 17 heteroatoms. The van der Waals surface area contributed by atoms with Crippen molar-refractivity contribution in [2.45, 2.75) is 186 Å². The molecule has 0 aromatic carbocycles. The van der Waals surface area contributed by atoms with Crippen LogP contribution in [0.2, 0.25) is 0 Å². The van der Waals surface area contributed by atoms with Crippen LogP contribution in [0.25, 0.3) is 0 Å². The largest absolute Gasteiger partial charge is 0.469 e. The molecule has 4 heterocycles. The Hall–Kier alpha value is -2.48. The highest BCUT2D eigenvalue weighted by Crippen LogP contribution is 2.43. The predicted octanol–water partition coefficient (Wildman–Crippen LogP) is 3.78. The first-order valence-corrected chi connectivity index (χ1v) is 21.5. The van der Waals surface area contributed by atoms with Crippen LogP contribution in [-0.4, -0.2) is 160 Å². The fourth-order valence-electron chi connectivity index (χ4n) is 9.88. The average molecular weight is 859 g/mol. The Balaban J connectivity index is 1.89. The van der Waals surface area contributed by atoms with E-state index >= 15 is 0 Å². The Labute approximate surface area is 356 Å². The number of hydrogen-bond acceptors (Lipinski definition) is 16. The second kappa shape index (κ2) is 20.4. The molecule has 4 saturated heterocycles. The lowest BCUT2D eigenvalue weighted by Crippen LogP contribution is -2.62. The topological polar surface area (TPSA) is 196 Å². The molecule has 0 saturated carbocycles. The van der Waals surface area contributed by atoms with Crippen LogP contribution in [-0.2, 0) is 61.8 Å². The van der Waals surface area contributed by atoms with Crippen molar-refractivity contribution in [3.63, 3.8) is 0 Å². The summed E-state index contributed by atoms with van der Waals surface area (Å²) >= 11 is 0. The molecular weight excluding hydrogens is 784 g/mol. The summed E-state index contributed by atoms with van der Waals surface area (Å²) in [5.41, 5.74) is -3.67. The number of nitrogens with zero attached hydrogens (tertiary/aromatic N) is 1. The van der Waals surface area contributed by atoms with Crippen LogP contribution in [0.5, 0.6) is 0 Å². The van der Waals surface area contributed by atoms with Gasteiger partial charge in [-0.1, -0.05) is 27.7 Å². The van der Waals surface area contributed by atoms with Crippen molar-refractivity contribution in [2.75, 3.05) is 42.0 Å². The summed E-state index contributed by atoms with van der Waals surface area (Å²) in [5, 5.41) is 13.9. The van der Waals surface area contributed by atoms with Crippen molar-refractivity contribution in [1.29, 1.82) is 0 Å². The number of alkyl carbamates (subject to hydrolysis) is 1. The fourth-order valence-corrected chi connectivity index (χ4v) is 9.88. The standard InChI is InChI=1S/C43H74N2O15/c1-16-29-43(10)35(44-40(50)60-43)24(4)32(47)22(2)20-42(9,53-15)37(59-39-34(54-18-17-30(46)51-13)28(45(11)12)19-23(3)55-39)25(5)33(26(6)38(49)57-29)58-31-21-41(8,52-14)36(48)27(7)56-31/h22-29,31,33-37,39,48H,16-21H2,1-15H3,(H,44,50)/t22-,23-,24+,25+,26-,27+,28+,29-,31+,33+,34-,35-,36+,37-,39+,41-,42+,43-/m1/s1. The lowest BCUT2D eigenvalue weighted by molar-refractivity contribution is -0.322. The van der Waals surface area contributed by atoms with Crippen LogP contribution in [0.15, 0.2) is 0 Å². The zero-order valence-corrected chi connectivity index (χ0v) is 38.5. The van der Waals surface area contributed by atoms with Gasteiger partial charge < -0.3 is 62.7 Å². The molecule has 0 unspecified atom stereocenters. The monoisotopic (exact) mass is 859 g/mol. The number of nitrogens with one attached hydrogen (secondary N) is 1. The van der Waals surface area contributed by atoms with E-state index in [4.69, 9.17) is 47.4 Å². The van der Waals surface area contributed by atoms with Crippen LogP contribution in [0.3, 0.4) is 0 Å². The minimum Gasteiger partial charge on any atom is -0.469 e. The van der Waals surface area contributed by atoms with E-state index < -0.39 is 114 Å². The second-order valence-corrected chi connectivity index (χ2v) is 18.3. The third-order valence-electron chi connectivity index (χ3n) is 13.7. The SMILES string of the molecule is CC[C@H]1OC(=O)[C@H](C)[C@@H](O[C@H]2C[C@@](C)(OC)[C@@H](O)[C@H](C)O2)[C@H](C)[C@@H](O[C@@H]2O[C@H](C)C[C@H](N(C)C)[C@H]2OCCC(=O)OC)[C@@](C)(OC)C[C@@H](C)C(=O)[C@H](C)[C@H]2NC(=O)O[C@@]21C. The van der Waals surface area contributed by atoms with Gasteiger partial charge >= 0.3 is 18.0 Å². The number of carbonyl (C=O) groups is 4. The molecule has 1 amide bonds. The van der Waals surface area contributed by atoms with Gasteiger partial charge in [0.25, 0.3) is 0 Å². The maximum Gasteiger partial charge on any atom is 0.408 e. The van der Waals surface area contributed by atoms with Crippen molar-refractivity contribution >= 4 is 23.8 Å². The number of ether oxygens (including phenoxy) is 10. The first-order chi connectivity index (χ1) is 28.0. The van der Waals surface area contributed by atoms with E-state index in [1.807, 2.05) is 53.6 Å². The molecule has 17 nitrogen and oxygen atoms in total. The number of ketones is 1. The van der Waals surface area contributed by atoms with Gasteiger partial charge in [0.1, 0.15) is 24.1 Å². The lowest BCUT2D eigenvalue weighted by atomic mass is 9.73. The van der Waals surface area contributed by atoms with E-state index in [0.717, 1.165) is 0 Å². The number of aliphatic hydroxyl groups excluding tert-OH is 1. The number of hydrogen-bond donors (Lipinski definition) is 2. The molecule has 4 fully saturated rings. The molecule has 4 aliphatic rings. The highest BCUT2D eigenvalue weighted by Gasteiger charge is 2.58. The number of carbonyl (C=O) groups excluding carboxylic acids is 4. The number of likely N-dealkylation sites (N-methyl/N-ethyl adjacent to an activating group) is 1. The minimum absolute atomic E-state index is 0.0115. The molecule has 0 aliphatic carbocycles. The first kappa shape index (κ1) is 50.2. The quantitative estimate of drug-likeness (QED) is 0.212. The predicted molar refractivity (Wildman–Crippen MR) is 217 cm³/mol. The molecule has 0 radical (unpaired) electrons. The highest BCUT2D eigenvalue weighted by molar-refractivity contribution is 5.85. The van der Waals surface area contributed by atoms with Crippen LogP contribution >= 0.6 is 0 Å². The highest BCUT2D eigenvalue weighted by atomic mass is 16.7. The molecule has 4 aliphatic heterocycles. The number of aliphatic hydroxyl groups is 1. The van der Waals surface area contributed by atoms with Gasteiger partial charge in [-0.15, -0.1) is 0 Å². The maximum absolute atomic E-state index is 14.6. The Morgan fingerprint density at radius 3 is 2.13 bits per heavy atom. The van der Waals surface area contributed by atoms with Crippen molar-refractivity contribution in [3.05, 3.63) is 0 Å². The fraction of sp³-hybridized carbons (Fsp3) is 0.907. The smallest absolute Gasteiger partial charge is 0.408 e. The summed E-state index contributed by atoms with van der Waals surface area (Å²) in [6.07, 6.45) is -7.01. The van der Waals surface area contributed by atoms with E-state index in [1.54, 1.807) is 41.7 Å². The Morgan fingerprint density at radius 1 is 0.900 bits per heavy atom. The van der Waals surface area contributed by atoms with Crippen LogP contribution in [0.1, 0.15) is 101 Å². The van der Waals surface area contributed by atoms with Gasteiger partial charge in [-0.25, -0.2) is 4.79 Å². The number of rotatable bonds is 12. The van der Waals surface area contributed by atoms with Gasteiger partial charge in [0, 0.05) is 44.4 Å². The lowest BCUT2D eigenvalue weighted by Gasteiger charge is -2.50. The van der Waals surface area contributed by atoms with E-state index in [9.17, 15) is 24.3 Å². The maximum atomic E-state index is 14.6. The van der Waals surface area contributed by atoms with E-state index in [1.165, 1.54) is 14.2 Å². The third kappa shape index (κ3) is 10.6. The van der Waals surface area contributed by atoms with Gasteiger partial charge in [0.05, 0.1) is 67.7 Å². The summed E-state index contributed by atoms with van der Waals surface area (Å²) < 4.78 is 62.5. The average Bonchev–Trinajstić information content (AvgIpc) is 3.52. The number of amides is 1. The molecule has 60 heavy (non-hydrogen) atoms. The normalized spacial score (nSPS) is 44.6. The summed E-state index contributed by atoms with van der Waals surface area (Å²) in [6.45, 7) is 18.0. The van der Waals surface area contributed by atoms with E-state index in [2.05, 4.69) is 5.32 Å².